The number of primary amides is 2. The molecule has 3 saturated heterocycles. The van der Waals surface area contributed by atoms with Crippen LogP contribution in [0.4, 0.5) is 15.3 Å². The minimum Gasteiger partial charge on any atom is -0.453 e. The maximum atomic E-state index is 14.2. The quantitative estimate of drug-likeness (QED) is 0.171. The lowest BCUT2D eigenvalue weighted by Gasteiger charge is -2.37. The van der Waals surface area contributed by atoms with E-state index in [1.54, 1.807) is 27.7 Å². The number of methoxy groups -OCH3 is 2. The molecule has 3 fully saturated rings. The van der Waals surface area contributed by atoms with E-state index in [0.29, 0.717) is 47.1 Å². The highest BCUT2D eigenvalue weighted by Gasteiger charge is 2.56. The van der Waals surface area contributed by atoms with Gasteiger partial charge in [-0.3, -0.25) is 19.2 Å². The number of anilines is 1. The van der Waals surface area contributed by atoms with Crippen LogP contribution in [0.25, 0.3) is 0 Å². The molecular formula is C44H61N9O8S2. The van der Waals surface area contributed by atoms with Crippen LogP contribution in [0.15, 0.2) is 35.0 Å². The zero-order valence-electron chi connectivity index (χ0n) is 37.6. The Balaban J connectivity index is 1.39. The minimum atomic E-state index is -1.53. The topological polar surface area (TPSA) is 232 Å². The number of hydrogen-bond donors (Lipinski definition) is 4. The number of rotatable bonds is 13. The van der Waals surface area contributed by atoms with Crippen molar-refractivity contribution < 1.29 is 38.2 Å². The lowest BCUT2D eigenvalue weighted by molar-refractivity contribution is -0.146. The van der Waals surface area contributed by atoms with E-state index in [-0.39, 0.29) is 55.3 Å². The van der Waals surface area contributed by atoms with Crippen LogP contribution in [0.1, 0.15) is 126 Å². The molecule has 3 aliphatic rings. The van der Waals surface area contributed by atoms with Gasteiger partial charge in [0.2, 0.25) is 11.8 Å². The van der Waals surface area contributed by atoms with Gasteiger partial charge in [-0.1, -0.05) is 60.6 Å². The smallest absolute Gasteiger partial charge is 0.407 e. The van der Waals surface area contributed by atoms with E-state index in [1.165, 1.54) is 46.7 Å². The lowest BCUT2D eigenvalue weighted by atomic mass is 9.87. The first-order valence-electron chi connectivity index (χ1n) is 21.4. The number of thiazole rings is 2. The van der Waals surface area contributed by atoms with Crippen molar-refractivity contribution in [2.24, 2.45) is 23.3 Å². The molecule has 0 saturated carbocycles. The summed E-state index contributed by atoms with van der Waals surface area (Å²) < 4.78 is 9.60. The van der Waals surface area contributed by atoms with Gasteiger partial charge in [0.1, 0.15) is 22.1 Å². The van der Waals surface area contributed by atoms with Gasteiger partial charge in [0.25, 0.3) is 11.8 Å². The summed E-state index contributed by atoms with van der Waals surface area (Å²) in [7, 11) is 2.45. The first kappa shape index (κ1) is 47.2. The molecular weight excluding hydrogens is 847 g/mol. The highest BCUT2D eigenvalue weighted by Crippen LogP contribution is 2.50. The van der Waals surface area contributed by atoms with Crippen LogP contribution < -0.4 is 27.0 Å². The first-order chi connectivity index (χ1) is 29.7. The number of benzene rings is 1. The highest BCUT2D eigenvalue weighted by molar-refractivity contribution is 7.10. The van der Waals surface area contributed by atoms with Crippen LogP contribution >= 0.6 is 22.7 Å². The maximum absolute atomic E-state index is 14.2. The molecule has 0 bridgehead atoms. The number of amides is 6. The van der Waals surface area contributed by atoms with Crippen molar-refractivity contribution in [3.8, 4) is 0 Å². The summed E-state index contributed by atoms with van der Waals surface area (Å²) >= 11 is 2.55. The predicted molar refractivity (Wildman–Crippen MR) is 239 cm³/mol. The Bertz CT molecular complexity index is 2080. The van der Waals surface area contributed by atoms with Crippen LogP contribution in [0.3, 0.4) is 0 Å². The Hall–Kier alpha value is -5.30. The normalized spacial score (nSPS) is 23.5. The van der Waals surface area contributed by atoms with Crippen molar-refractivity contribution in [3.05, 3.63) is 62.0 Å². The zero-order valence-corrected chi connectivity index (χ0v) is 39.2. The van der Waals surface area contributed by atoms with Crippen molar-refractivity contribution in [1.29, 1.82) is 0 Å². The summed E-state index contributed by atoms with van der Waals surface area (Å²) in [6.07, 6.45) is 1.34. The Morgan fingerprint density at radius 3 is 1.44 bits per heavy atom. The Morgan fingerprint density at radius 1 is 0.714 bits per heavy atom. The van der Waals surface area contributed by atoms with Gasteiger partial charge in [0.15, 0.2) is 11.1 Å². The second-order valence-electron chi connectivity index (χ2n) is 18.3. The van der Waals surface area contributed by atoms with E-state index in [0.717, 1.165) is 11.3 Å². The summed E-state index contributed by atoms with van der Waals surface area (Å²) in [5, 5.41) is 9.90. The second kappa shape index (κ2) is 18.4. The molecule has 63 heavy (non-hydrogen) atoms. The molecule has 6 N–H and O–H groups in total. The van der Waals surface area contributed by atoms with E-state index in [1.807, 2.05) is 10.8 Å². The number of hydrogen-bond acceptors (Lipinski definition) is 13. The lowest BCUT2D eigenvalue weighted by Crippen LogP contribution is -2.59. The average Bonchev–Trinajstić information content (AvgIpc) is 4.09. The van der Waals surface area contributed by atoms with E-state index in [9.17, 15) is 28.8 Å². The van der Waals surface area contributed by atoms with Crippen molar-refractivity contribution in [2.75, 3.05) is 32.2 Å². The molecule has 342 valence electrons. The third kappa shape index (κ3) is 8.69. The molecule has 0 spiro atoms. The fraction of sp³-hybridized carbons (Fsp3) is 0.591. The zero-order chi connectivity index (χ0) is 46.2. The van der Waals surface area contributed by atoms with Crippen molar-refractivity contribution in [3.63, 3.8) is 0 Å². The van der Waals surface area contributed by atoms with Crippen molar-refractivity contribution in [1.82, 2.24) is 30.4 Å². The minimum absolute atomic E-state index is 0.0980. The molecule has 6 amide bonds. The SMILES string of the molecule is COC(=O)N[C@H](C(=O)N1CCC[C@]1(C(N)=O)c1nc([C@H]2CC[C@H](c3csc([C@@]4(C(N)=O)CCCN4C(=O)[C@@H](NC(=O)OC)C(C)C)n3)N2c2ccc(C(C)(C)C)cc2)cs1)C(C)C. The molecule has 1 aromatic carbocycles. The van der Waals surface area contributed by atoms with Crippen LogP contribution in [0, 0.1) is 11.8 Å². The van der Waals surface area contributed by atoms with E-state index >= 15 is 0 Å². The molecule has 2 aromatic heterocycles. The number of carbonyl (C=O) groups excluding carboxylic acids is 6. The molecule has 0 radical (unpaired) electrons. The van der Waals surface area contributed by atoms with Gasteiger partial charge in [-0.2, -0.15) is 0 Å². The number of aromatic nitrogens is 2. The summed E-state index contributed by atoms with van der Waals surface area (Å²) in [6.45, 7) is 14.2. The number of likely N-dealkylation sites (tertiary alicyclic amines) is 2. The number of alkyl carbamates (subject to hydrolysis) is 2. The number of nitrogens with zero attached hydrogens (tertiary/aromatic N) is 5. The second-order valence-corrected chi connectivity index (χ2v) is 20.0. The van der Waals surface area contributed by atoms with E-state index < -0.39 is 59.0 Å². The van der Waals surface area contributed by atoms with Gasteiger partial charge < -0.3 is 46.3 Å². The molecule has 0 unspecified atom stereocenters. The molecule has 3 aliphatic heterocycles. The van der Waals surface area contributed by atoms with Gasteiger partial charge in [-0.05, 0) is 73.5 Å². The monoisotopic (exact) mass is 907 g/mol. The molecule has 3 aromatic rings. The molecule has 19 heteroatoms. The average molecular weight is 908 g/mol. The van der Waals surface area contributed by atoms with Crippen LogP contribution in [-0.2, 0) is 45.1 Å². The maximum Gasteiger partial charge on any atom is 0.407 e. The van der Waals surface area contributed by atoms with Gasteiger partial charge in [0.05, 0.1) is 37.7 Å². The summed E-state index contributed by atoms with van der Waals surface area (Å²) in [5.74, 6) is -2.92. The number of ether oxygens (including phenoxy) is 2. The van der Waals surface area contributed by atoms with Gasteiger partial charge in [0, 0.05) is 29.5 Å². The fourth-order valence-electron chi connectivity index (χ4n) is 9.28. The molecule has 0 aliphatic carbocycles. The van der Waals surface area contributed by atoms with Crippen LogP contribution in [-0.4, -0.2) is 95.0 Å². The molecule has 6 rings (SSSR count). The Labute approximate surface area is 376 Å². The van der Waals surface area contributed by atoms with Crippen molar-refractivity contribution in [2.45, 2.75) is 128 Å². The Morgan fingerprint density at radius 2 is 1.11 bits per heavy atom. The van der Waals surface area contributed by atoms with Gasteiger partial charge in [-0.25, -0.2) is 19.6 Å². The highest BCUT2D eigenvalue weighted by atomic mass is 32.1. The summed E-state index contributed by atoms with van der Waals surface area (Å²) in [6, 6.07) is 5.86. The predicted octanol–water partition coefficient (Wildman–Crippen LogP) is 5.35. The summed E-state index contributed by atoms with van der Waals surface area (Å²) in [4.78, 5) is 95.7. The number of nitrogens with one attached hydrogen (secondary N) is 2. The third-order valence-corrected chi connectivity index (χ3v) is 14.8. The molecule has 6 atom stereocenters. The Kier molecular flexibility index (Phi) is 13.8. The fourth-order valence-corrected chi connectivity index (χ4v) is 11.5. The molecule has 17 nitrogen and oxygen atoms in total. The first-order valence-corrected chi connectivity index (χ1v) is 23.2. The van der Waals surface area contributed by atoms with Crippen molar-refractivity contribution >= 4 is 64.2 Å². The molecule has 5 heterocycles. The number of carbonyl (C=O) groups is 6. The standard InChI is InChI=1S/C44H61N9O8S2/c1-24(2)32(49-40(58)60-8)34(54)51-20-10-18-43(51,36(45)56)38-47-28(22-62-38)30-16-17-31(53(30)27-14-12-26(13-15-27)42(5,6)7)29-23-63-39(48-29)44(37(46)57)19-11-21-52(44)35(55)33(25(3)4)50-41(59)61-9/h12-15,22-25,30-33H,10-11,16-21H2,1-9H3,(H2,45,56)(H2,46,57)(H,49,58)(H,50,59)/t30-,31-,32+,33+,43+,44+/m1/s1. The largest absolute Gasteiger partial charge is 0.453 e. The van der Waals surface area contributed by atoms with E-state index in [2.05, 4.69) is 60.6 Å². The van der Waals surface area contributed by atoms with Crippen LogP contribution in [0.2, 0.25) is 0 Å². The van der Waals surface area contributed by atoms with Gasteiger partial charge in [-0.15, -0.1) is 22.7 Å². The van der Waals surface area contributed by atoms with Crippen LogP contribution in [0.5, 0.6) is 0 Å². The van der Waals surface area contributed by atoms with E-state index in [4.69, 9.17) is 30.9 Å². The van der Waals surface area contributed by atoms with Gasteiger partial charge >= 0.3 is 12.2 Å². The number of nitrogens with two attached hydrogens (primary N) is 2. The summed E-state index contributed by atoms with van der Waals surface area (Å²) in [5.41, 5.74) is 12.7. The third-order valence-electron chi connectivity index (χ3n) is 12.7.